The highest BCUT2D eigenvalue weighted by molar-refractivity contribution is 7.00. The Hall–Kier alpha value is -8.67. The van der Waals surface area contributed by atoms with Gasteiger partial charge in [0.15, 0.2) is 0 Å². The summed E-state index contributed by atoms with van der Waals surface area (Å²) in [7, 11) is 0. The van der Waals surface area contributed by atoms with Gasteiger partial charge in [-0.3, -0.25) is 0 Å². The minimum atomic E-state index is -0.355. The van der Waals surface area contributed by atoms with Crippen molar-refractivity contribution >= 4 is 63.2 Å². The predicted octanol–water partition coefficient (Wildman–Crippen LogP) is 15.4. The van der Waals surface area contributed by atoms with Gasteiger partial charge >= 0.3 is 5.97 Å². The molecule has 4 nitrogen and oxygen atoms in total. The number of anilines is 6. The molecule has 4 aliphatic rings. The summed E-state index contributed by atoms with van der Waals surface area (Å²) < 4.78 is 6.35. The maximum atomic E-state index is 15.1. The van der Waals surface area contributed by atoms with E-state index in [9.17, 15) is 0 Å². The third kappa shape index (κ3) is 7.71. The van der Waals surface area contributed by atoms with E-state index in [1.165, 1.54) is 83.4 Å². The molecule has 2 aliphatic carbocycles. The third-order valence-electron chi connectivity index (χ3n) is 16.6. The lowest BCUT2D eigenvalue weighted by Gasteiger charge is -2.45. The summed E-state index contributed by atoms with van der Waals surface area (Å²) in [5, 5.41) is 0. The van der Waals surface area contributed by atoms with Crippen LogP contribution in [0.25, 0.3) is 44.5 Å². The van der Waals surface area contributed by atoms with Gasteiger partial charge in [-0.25, -0.2) is 4.79 Å². The zero-order valence-electron chi connectivity index (χ0n) is 42.4. The quantitative estimate of drug-likeness (QED) is 0.107. The van der Waals surface area contributed by atoms with E-state index in [1.54, 1.807) is 0 Å². The molecule has 0 radical (unpaired) electrons. The summed E-state index contributed by atoms with van der Waals surface area (Å²) in [6, 6.07) is 77.2. The summed E-state index contributed by atoms with van der Waals surface area (Å²) in [4.78, 5) is 20.2. The molecule has 5 heteroatoms. The van der Waals surface area contributed by atoms with Crippen LogP contribution in [0, 0.1) is 13.8 Å². The van der Waals surface area contributed by atoms with Gasteiger partial charge in [0.05, 0.1) is 5.56 Å². The highest BCUT2D eigenvalue weighted by atomic mass is 16.5. The summed E-state index contributed by atoms with van der Waals surface area (Å²) in [5.41, 5.74) is 29.2. The second-order valence-corrected chi connectivity index (χ2v) is 21.0. The Bertz CT molecular complexity index is 3530. The van der Waals surface area contributed by atoms with E-state index < -0.39 is 0 Å². The maximum absolute atomic E-state index is 15.1. The van der Waals surface area contributed by atoms with Crippen molar-refractivity contribution in [1.29, 1.82) is 0 Å². The Balaban J connectivity index is 1.09. The first-order chi connectivity index (χ1) is 36.9. The van der Waals surface area contributed by atoms with Crippen LogP contribution in [-0.2, 0) is 37.0 Å². The maximum Gasteiger partial charge on any atom is 0.338 e. The van der Waals surface area contributed by atoms with Gasteiger partial charge in [0.25, 0.3) is 6.71 Å². The lowest BCUT2D eigenvalue weighted by atomic mass is 9.33. The second kappa shape index (κ2) is 18.4. The minimum Gasteiger partial charge on any atom is -0.457 e. The monoisotopic (exact) mass is 966 g/mol. The van der Waals surface area contributed by atoms with Crippen LogP contribution in [-0.4, -0.2) is 12.7 Å². The average molecular weight is 967 g/mol. The van der Waals surface area contributed by atoms with Crippen molar-refractivity contribution in [2.45, 2.75) is 59.0 Å². The van der Waals surface area contributed by atoms with Crippen LogP contribution in [0.1, 0.15) is 62.1 Å². The lowest BCUT2D eigenvalue weighted by Crippen LogP contribution is -2.61. The highest BCUT2D eigenvalue weighted by Crippen LogP contribution is 2.50. The number of benzene rings is 10. The van der Waals surface area contributed by atoms with E-state index in [0.29, 0.717) is 5.56 Å². The molecule has 0 unspecified atom stereocenters. The first-order valence-electron chi connectivity index (χ1n) is 26.7. The fraction of sp³-hybridized carbons (Fsp3) is 0.129. The normalized spacial score (nSPS) is 13.7. The SMILES string of the molecule is Cc1c(-c2ccccc2)cc(N2c3cc4c(cc3B3c5cc6c(cc5N(c5cc(-c7ccccc7)c(C)c(-c7ccccc7)c5)c5cc(C(=O)OCc7ccccc7)cc2c53)CCC6)CCC4)cc1-c1ccccc1. The molecule has 2 heterocycles. The Kier molecular flexibility index (Phi) is 11.0. The van der Waals surface area contributed by atoms with Crippen LogP contribution in [0.2, 0.25) is 0 Å². The molecule has 0 bridgehead atoms. The summed E-state index contributed by atoms with van der Waals surface area (Å²) in [5.74, 6) is -0.355. The molecule has 14 rings (SSSR count). The van der Waals surface area contributed by atoms with Crippen LogP contribution in [0.15, 0.2) is 212 Å². The number of carbonyl (C=O) groups excluding carboxylic acids is 1. The topological polar surface area (TPSA) is 32.8 Å². The van der Waals surface area contributed by atoms with E-state index in [4.69, 9.17) is 4.74 Å². The predicted molar refractivity (Wildman–Crippen MR) is 311 cm³/mol. The molecule has 0 amide bonds. The molecule has 75 heavy (non-hydrogen) atoms. The Morgan fingerprint density at radius 1 is 0.427 bits per heavy atom. The van der Waals surface area contributed by atoms with Crippen molar-refractivity contribution in [2.75, 3.05) is 9.80 Å². The van der Waals surface area contributed by atoms with E-state index in [0.717, 1.165) is 89.1 Å². The molecule has 0 saturated heterocycles. The molecule has 0 aromatic heterocycles. The standard InChI is InChI=1S/C70H55BN2O2/c1-45-59(48-22-10-4-11-23-48)40-57(41-60(45)49-24-12-5-13-25-49)72-65-36-54-32-18-30-52(54)34-63(65)71-64-35-53-31-19-33-55(53)37-66(64)73(68-39-56(38-67(72)69(68)71)70(74)75-44-47-20-8-3-9-21-47)58-42-61(50-26-14-6-15-27-50)46(2)62(43-58)51-28-16-7-17-29-51/h3-17,20-29,34-43H,18-19,30-33,44H2,1-2H3. The van der Waals surface area contributed by atoms with Gasteiger partial charge in [0, 0.05) is 34.1 Å². The fourth-order valence-electron chi connectivity index (χ4n) is 12.9. The first kappa shape index (κ1) is 45.0. The molecular weight excluding hydrogens is 912 g/mol. The van der Waals surface area contributed by atoms with Crippen LogP contribution in [0.5, 0.6) is 0 Å². The van der Waals surface area contributed by atoms with Crippen molar-refractivity contribution in [2.24, 2.45) is 0 Å². The van der Waals surface area contributed by atoms with E-state index >= 15 is 4.79 Å². The zero-order valence-corrected chi connectivity index (χ0v) is 42.4. The molecule has 2 aliphatic heterocycles. The Morgan fingerprint density at radius 3 is 1.15 bits per heavy atom. The molecule has 360 valence electrons. The van der Waals surface area contributed by atoms with Gasteiger partial charge in [-0.2, -0.15) is 0 Å². The van der Waals surface area contributed by atoms with Crippen molar-refractivity contribution in [3.8, 4) is 44.5 Å². The van der Waals surface area contributed by atoms with Crippen molar-refractivity contribution < 1.29 is 9.53 Å². The van der Waals surface area contributed by atoms with Crippen molar-refractivity contribution in [3.05, 3.63) is 257 Å². The first-order valence-corrected chi connectivity index (χ1v) is 26.7. The number of aryl methyl sites for hydroxylation is 4. The van der Waals surface area contributed by atoms with E-state index in [1.807, 2.05) is 30.3 Å². The molecular formula is C70H55BN2O2. The van der Waals surface area contributed by atoms with E-state index in [2.05, 4.69) is 206 Å². The minimum absolute atomic E-state index is 0.0982. The number of carbonyl (C=O) groups is 1. The van der Waals surface area contributed by atoms with E-state index in [-0.39, 0.29) is 19.3 Å². The largest absolute Gasteiger partial charge is 0.457 e. The average Bonchev–Trinajstić information content (AvgIpc) is 4.16. The number of ether oxygens (including phenoxy) is 1. The van der Waals surface area contributed by atoms with Crippen molar-refractivity contribution in [3.63, 3.8) is 0 Å². The van der Waals surface area contributed by atoms with Gasteiger partial charge in [-0.05, 0) is 201 Å². The summed E-state index contributed by atoms with van der Waals surface area (Å²) in [6.07, 6.45) is 6.50. The second-order valence-electron chi connectivity index (χ2n) is 21.0. The number of hydrogen-bond donors (Lipinski definition) is 0. The summed E-state index contributed by atoms with van der Waals surface area (Å²) >= 11 is 0. The highest BCUT2D eigenvalue weighted by Gasteiger charge is 2.45. The van der Waals surface area contributed by atoms with Crippen molar-refractivity contribution in [1.82, 2.24) is 0 Å². The molecule has 0 saturated carbocycles. The molecule has 0 fully saturated rings. The molecule has 10 aromatic carbocycles. The molecule has 0 spiro atoms. The van der Waals surface area contributed by atoms with Crippen LogP contribution in [0.4, 0.5) is 34.1 Å². The fourth-order valence-corrected chi connectivity index (χ4v) is 12.9. The number of rotatable bonds is 9. The van der Waals surface area contributed by atoms with Crippen LogP contribution >= 0.6 is 0 Å². The zero-order chi connectivity index (χ0) is 50.1. The lowest BCUT2D eigenvalue weighted by molar-refractivity contribution is 0.0473. The number of esters is 1. The van der Waals surface area contributed by atoms with Gasteiger partial charge in [0.1, 0.15) is 6.61 Å². The molecule has 0 N–H and O–H groups in total. The molecule has 0 atom stereocenters. The summed E-state index contributed by atoms with van der Waals surface area (Å²) in [6.45, 7) is 4.59. The Morgan fingerprint density at radius 2 is 0.773 bits per heavy atom. The number of hydrogen-bond acceptors (Lipinski definition) is 4. The smallest absolute Gasteiger partial charge is 0.338 e. The van der Waals surface area contributed by atoms with Gasteiger partial charge in [-0.1, -0.05) is 164 Å². The number of nitrogens with zero attached hydrogens (tertiary/aromatic N) is 2. The van der Waals surface area contributed by atoms with Gasteiger partial charge < -0.3 is 14.5 Å². The van der Waals surface area contributed by atoms with Gasteiger partial charge in [-0.15, -0.1) is 0 Å². The van der Waals surface area contributed by atoms with Crippen LogP contribution < -0.4 is 26.2 Å². The Labute approximate surface area is 440 Å². The van der Waals surface area contributed by atoms with Gasteiger partial charge in [0.2, 0.25) is 0 Å². The third-order valence-corrected chi connectivity index (χ3v) is 16.6. The molecule has 10 aromatic rings. The number of fused-ring (bicyclic) bond motifs is 6. The van der Waals surface area contributed by atoms with Crippen LogP contribution in [0.3, 0.4) is 0 Å².